The van der Waals surface area contributed by atoms with E-state index in [0.29, 0.717) is 109 Å². The van der Waals surface area contributed by atoms with Gasteiger partial charge in [0.2, 0.25) is 41.1 Å². The van der Waals surface area contributed by atoms with E-state index in [1.165, 1.54) is 0 Å². The highest BCUT2D eigenvalue weighted by atomic mass is 16.6. The number of rotatable bonds is 43. The summed E-state index contributed by atoms with van der Waals surface area (Å²) in [4.78, 5) is 166. The molecule has 0 radical (unpaired) electrons. The molecule has 0 aliphatic carbocycles. The minimum absolute atomic E-state index is 0.0435. The van der Waals surface area contributed by atoms with Gasteiger partial charge in [-0.25, -0.2) is 9.59 Å². The number of nitrogens with zero attached hydrogens (tertiary/aromatic N) is 1. The maximum atomic E-state index is 14.0. The Balaban J connectivity index is 0.000000403. The molecule has 110 heavy (non-hydrogen) atoms. The molecule has 0 aromatic heterocycles. The molecule has 0 unspecified atom stereocenters. The first kappa shape index (κ1) is 92.9. The molecule has 26 heteroatoms. The fourth-order valence-corrected chi connectivity index (χ4v) is 13.2. The first-order valence-corrected chi connectivity index (χ1v) is 38.9. The summed E-state index contributed by atoms with van der Waals surface area (Å²) >= 11 is 0. The van der Waals surface area contributed by atoms with Crippen molar-refractivity contribution in [2.24, 2.45) is 64.4 Å². The number of Topliss-reactive ketones (excluding diaryl/α,β-unsaturated/α-hetero) is 4. The monoisotopic (exact) mass is 1530 g/mol. The second-order valence-corrected chi connectivity index (χ2v) is 31.0. The molecule has 6 rings (SSSR count). The number of benzene rings is 4. The summed E-state index contributed by atoms with van der Waals surface area (Å²) in [5, 5.41) is 27.1. The SMILES string of the molecule is CC(C)C[C@@H](CC(=O)[C@@H](Cc1ccccc1)NC(=O)[C@H](C)Cc1ccccc1)C(=O)N[C@H](CCCCNC(=O)OC(C)(C)C)C(=O)O.CC(C)C[C@@H](CC(=O)[C@@H](Cc1ccccc1)NC(=O)[C@H](N)Cc1ccccc1)C(=O)N[C@H](CCCCN)C(=O)N1CCC(CC(=O)C(N)=O)CC1.NC(=O)C(=O)CC1CCNCC1. The number of ether oxygens (including phenoxy) is 1. The molecule has 2 saturated heterocycles. The molecule has 0 bridgehead atoms. The average Bonchev–Trinajstić information content (AvgIpc) is 0.843. The number of nitrogens with two attached hydrogens (primary N) is 4. The molecule has 2 heterocycles. The van der Waals surface area contributed by atoms with Crippen molar-refractivity contribution in [1.29, 1.82) is 0 Å². The minimum atomic E-state index is -1.17. The molecule has 15 N–H and O–H groups in total. The number of carboxylic acid groups (broad SMARTS) is 1. The smallest absolute Gasteiger partial charge is 0.407 e. The van der Waals surface area contributed by atoms with Gasteiger partial charge >= 0.3 is 12.1 Å². The highest BCUT2D eigenvalue weighted by Gasteiger charge is 2.36. The van der Waals surface area contributed by atoms with Gasteiger partial charge in [0.15, 0.2) is 11.6 Å². The quantitative estimate of drug-likeness (QED) is 0.0155. The zero-order valence-electron chi connectivity index (χ0n) is 65.8. The Hall–Kier alpha value is -9.53. The third kappa shape index (κ3) is 37.3. The predicted molar refractivity (Wildman–Crippen MR) is 422 cm³/mol. The van der Waals surface area contributed by atoms with Crippen molar-refractivity contribution in [3.8, 4) is 0 Å². The van der Waals surface area contributed by atoms with Gasteiger partial charge in [-0.15, -0.1) is 0 Å². The zero-order chi connectivity index (χ0) is 81.3. The summed E-state index contributed by atoms with van der Waals surface area (Å²) < 4.78 is 5.20. The molecule has 8 amide bonds. The van der Waals surface area contributed by atoms with Gasteiger partial charge in [-0.1, -0.05) is 156 Å². The lowest BCUT2D eigenvalue weighted by molar-refractivity contribution is -0.143. The van der Waals surface area contributed by atoms with Crippen LogP contribution in [-0.2, 0) is 88.0 Å². The summed E-state index contributed by atoms with van der Waals surface area (Å²) in [6.07, 6.45) is 7.50. The first-order valence-electron chi connectivity index (χ1n) is 38.9. The Morgan fingerprint density at radius 2 is 0.900 bits per heavy atom. The molecule has 2 aliphatic heterocycles. The molecule has 0 spiro atoms. The van der Waals surface area contributed by atoms with Crippen molar-refractivity contribution in [2.45, 2.75) is 220 Å². The van der Waals surface area contributed by atoms with Crippen LogP contribution in [0.25, 0.3) is 0 Å². The normalized spacial score (nSPS) is 15.3. The van der Waals surface area contributed by atoms with Gasteiger partial charge in [0.05, 0.1) is 18.1 Å². The number of amides is 8. The van der Waals surface area contributed by atoms with Gasteiger partial charge in [-0.3, -0.25) is 52.7 Å². The van der Waals surface area contributed by atoms with Crippen LogP contribution in [-0.4, -0.2) is 162 Å². The molecular formula is C84H123N11O15. The van der Waals surface area contributed by atoms with Gasteiger partial charge in [0.1, 0.15) is 17.7 Å². The maximum absolute atomic E-state index is 14.0. The number of unbranched alkanes of at least 4 members (excludes halogenated alkanes) is 2. The van der Waals surface area contributed by atoms with E-state index in [9.17, 15) is 67.4 Å². The number of hydrogen-bond donors (Lipinski definition) is 11. The van der Waals surface area contributed by atoms with Gasteiger partial charge in [-0.2, -0.15) is 0 Å². The van der Waals surface area contributed by atoms with Gasteiger partial charge < -0.3 is 69.6 Å². The van der Waals surface area contributed by atoms with Crippen LogP contribution in [0.2, 0.25) is 0 Å². The molecule has 2 fully saturated rings. The number of hydrogen-bond acceptors (Lipinski definition) is 17. The maximum Gasteiger partial charge on any atom is 0.407 e. The fourth-order valence-electron chi connectivity index (χ4n) is 13.2. The number of carbonyl (C=O) groups is 13. The molecule has 4 aromatic carbocycles. The molecule has 26 nitrogen and oxygen atoms in total. The van der Waals surface area contributed by atoms with Crippen molar-refractivity contribution in [2.75, 3.05) is 39.3 Å². The third-order valence-corrected chi connectivity index (χ3v) is 19.2. The predicted octanol–water partition coefficient (Wildman–Crippen LogP) is 7.11. The largest absolute Gasteiger partial charge is 0.480 e. The lowest BCUT2D eigenvalue weighted by atomic mass is 9.88. The molecule has 2 aliphatic rings. The van der Waals surface area contributed by atoms with Crippen LogP contribution < -0.4 is 54.8 Å². The van der Waals surface area contributed by atoms with Crippen LogP contribution in [0.4, 0.5) is 4.79 Å². The van der Waals surface area contributed by atoms with E-state index in [1.807, 2.05) is 156 Å². The highest BCUT2D eigenvalue weighted by Crippen LogP contribution is 2.26. The molecule has 0 saturated carbocycles. The van der Waals surface area contributed by atoms with Crippen molar-refractivity contribution < 1.29 is 72.2 Å². The van der Waals surface area contributed by atoms with Crippen LogP contribution in [0.1, 0.15) is 180 Å². The van der Waals surface area contributed by atoms with Crippen LogP contribution in [0.3, 0.4) is 0 Å². The van der Waals surface area contributed by atoms with Crippen molar-refractivity contribution >= 4 is 76.5 Å². The van der Waals surface area contributed by atoms with Crippen LogP contribution >= 0.6 is 0 Å². The van der Waals surface area contributed by atoms with Crippen molar-refractivity contribution in [3.05, 3.63) is 144 Å². The van der Waals surface area contributed by atoms with Crippen LogP contribution in [0.5, 0.6) is 0 Å². The standard InChI is InChI=1S/C39H56N6O6.C37H53N3O7.C8H14N2O2/c1-26(2)21-30(37(49)43-32(15-9-10-18-40)39(51)45-19-16-29(17-20-45)24-35(47)36(42)48)25-34(46)33(23-28-13-7-4-8-14-28)44-38(50)31(41)22-27-11-5-3-6-12-27;1-25(2)21-29(34(43)39-30(35(44)45)19-13-14-20-38-36(46)47-37(4,5)6)24-32(41)31(23-28-17-11-8-12-18-28)40-33(42)26(3)22-27-15-9-7-10-16-27;9-8(12)7(11)5-6-1-3-10-4-2-6/h3-8,11-14,26,29-33H,9-10,15-25,40-41H2,1-2H3,(H2,42,48)(H,43,49)(H,44,50);7-12,15-18,25-26,29-31H,13-14,19-24H2,1-6H3,(H,38,46)(H,39,43)(H,40,42)(H,44,45);6,10H,1-5H2,(H2,9,12)/t30-,31+,32+,33+;26-,29+,30-,31-;/m01./s1. The molecule has 4 aromatic rings. The number of piperidine rings is 2. The molecular weight excluding hydrogens is 1400 g/mol. The van der Waals surface area contributed by atoms with Gasteiger partial charge in [-0.05, 0) is 189 Å². The Labute approximate surface area is 649 Å². The lowest BCUT2D eigenvalue weighted by Gasteiger charge is -2.34. The number of ketones is 4. The van der Waals surface area contributed by atoms with E-state index >= 15 is 0 Å². The second-order valence-electron chi connectivity index (χ2n) is 31.0. The first-order chi connectivity index (χ1) is 52.2. The van der Waals surface area contributed by atoms with E-state index in [1.54, 1.807) is 25.7 Å². The zero-order valence-corrected chi connectivity index (χ0v) is 65.8. The number of likely N-dealkylation sites (tertiary alicyclic amines) is 1. The van der Waals surface area contributed by atoms with E-state index in [2.05, 4.69) is 31.9 Å². The third-order valence-electron chi connectivity index (χ3n) is 19.2. The van der Waals surface area contributed by atoms with E-state index in [-0.39, 0.29) is 85.6 Å². The summed E-state index contributed by atoms with van der Waals surface area (Å²) in [5.74, 6) is -7.80. The summed E-state index contributed by atoms with van der Waals surface area (Å²) in [6, 6.07) is 33.2. The Kier molecular flexibility index (Phi) is 41.9. The Bertz CT molecular complexity index is 3550. The number of carboxylic acids is 1. The Morgan fingerprint density at radius 1 is 0.509 bits per heavy atom. The van der Waals surface area contributed by atoms with E-state index in [4.69, 9.17) is 27.7 Å². The number of aliphatic carboxylic acids is 1. The highest BCUT2D eigenvalue weighted by molar-refractivity contribution is 6.36. The minimum Gasteiger partial charge on any atom is -0.480 e. The van der Waals surface area contributed by atoms with E-state index < -0.39 is 101 Å². The van der Waals surface area contributed by atoms with Gasteiger partial charge in [0, 0.05) is 63.1 Å². The number of carbonyl (C=O) groups excluding carboxylic acids is 12. The Morgan fingerprint density at radius 3 is 1.32 bits per heavy atom. The van der Waals surface area contributed by atoms with Crippen molar-refractivity contribution in [3.63, 3.8) is 0 Å². The topological polar surface area (TPSA) is 431 Å². The second kappa shape index (κ2) is 49.6. The fraction of sp³-hybridized carbons (Fsp3) is 0.560. The average molecular weight is 1530 g/mol. The van der Waals surface area contributed by atoms with Crippen molar-refractivity contribution in [1.82, 2.24) is 36.8 Å². The lowest BCUT2D eigenvalue weighted by Crippen LogP contribution is -2.53. The van der Waals surface area contributed by atoms with Crippen LogP contribution in [0, 0.1) is 41.4 Å². The van der Waals surface area contributed by atoms with Gasteiger partial charge in [0.25, 0.3) is 11.8 Å². The summed E-state index contributed by atoms with van der Waals surface area (Å²) in [5.41, 5.74) is 25.0. The number of primary amides is 2. The van der Waals surface area contributed by atoms with E-state index in [0.717, 1.165) is 48.2 Å². The number of nitrogens with one attached hydrogen (secondary N) is 6. The summed E-state index contributed by atoms with van der Waals surface area (Å²) in [7, 11) is 0. The molecule has 8 atom stereocenters. The number of alkyl carbamates (subject to hydrolysis) is 1. The van der Waals surface area contributed by atoms with Crippen LogP contribution in [0.15, 0.2) is 121 Å². The molecule has 604 valence electrons. The summed E-state index contributed by atoms with van der Waals surface area (Å²) in [6.45, 7) is 18.3.